The van der Waals surface area contributed by atoms with Gasteiger partial charge in [0.2, 0.25) is 5.91 Å². The van der Waals surface area contributed by atoms with Crippen LogP contribution < -0.4 is 10.2 Å². The maximum atomic E-state index is 13.1. The van der Waals surface area contributed by atoms with Crippen molar-refractivity contribution in [3.8, 4) is 0 Å². The van der Waals surface area contributed by atoms with Crippen molar-refractivity contribution in [1.29, 1.82) is 0 Å². The number of phosphoric acid groups is 1. The molecule has 3 atom stereocenters. The highest BCUT2D eigenvalue weighted by Gasteiger charge is 2.23. The molecule has 0 spiro atoms. The highest BCUT2D eigenvalue weighted by atomic mass is 31.2. The second-order valence-electron chi connectivity index (χ2n) is 28.7. The van der Waals surface area contributed by atoms with Crippen molar-refractivity contribution >= 4 is 13.7 Å². The van der Waals surface area contributed by atoms with Gasteiger partial charge in [0.25, 0.3) is 7.82 Å². The number of likely N-dealkylation sites (N-methyl/N-ethyl adjacent to an activating group) is 1. The van der Waals surface area contributed by atoms with Gasteiger partial charge in [-0.05, 0) is 57.8 Å². The van der Waals surface area contributed by atoms with Gasteiger partial charge in [-0.1, -0.05) is 402 Å². The van der Waals surface area contributed by atoms with Crippen LogP contribution >= 0.6 is 7.82 Å². The predicted octanol–water partition coefficient (Wildman–Crippen LogP) is 25.7. The van der Waals surface area contributed by atoms with E-state index in [1.54, 1.807) is 6.08 Å². The Morgan fingerprint density at radius 3 is 0.978 bits per heavy atom. The number of hydrogen-bond acceptors (Lipinski definition) is 6. The number of nitrogens with one attached hydrogen (secondary N) is 1. The molecule has 91 heavy (non-hydrogen) atoms. The maximum absolute atomic E-state index is 13.1. The van der Waals surface area contributed by atoms with Crippen molar-refractivity contribution in [2.24, 2.45) is 0 Å². The standard InChI is InChI=1S/C82H157N2O6P/c1-6-8-10-12-14-16-18-20-22-24-26-28-30-32-34-36-37-38-39-40-41-42-43-44-45-46-47-48-50-52-54-56-58-60-62-64-66-68-70-72-74-76-82(86)83-80(79-90-91(87,88)89-78-77-84(3,4)5)81(85)75-73-71-69-67-65-63-61-59-57-55-53-51-49-35-33-31-29-27-25-23-21-19-17-15-13-11-9-7-2/h8,10,14,16,20,22,26,28,73,75,80-81,85H,6-7,9,11-13,15,17-19,21,23-25,27,29-72,74,76-79H2,1-5H3,(H-,83,86,87,88)/b10-8-,16-14-,22-20-,28-26-,75-73+. The number of allylic oxidation sites excluding steroid dienone is 9. The molecule has 3 unspecified atom stereocenters. The number of aliphatic hydroxyl groups is 1. The lowest BCUT2D eigenvalue weighted by molar-refractivity contribution is -0.870. The molecule has 0 aromatic heterocycles. The minimum absolute atomic E-state index is 0.00107. The first-order valence-corrected chi connectivity index (χ1v) is 41.6. The number of hydrogen-bond donors (Lipinski definition) is 2. The molecule has 0 saturated carbocycles. The second-order valence-corrected chi connectivity index (χ2v) is 30.2. The van der Waals surface area contributed by atoms with Gasteiger partial charge in [-0.2, -0.15) is 0 Å². The van der Waals surface area contributed by atoms with Crippen LogP contribution in [-0.2, 0) is 18.4 Å². The maximum Gasteiger partial charge on any atom is 0.268 e. The van der Waals surface area contributed by atoms with Crippen molar-refractivity contribution in [3.05, 3.63) is 60.8 Å². The monoisotopic (exact) mass is 1300 g/mol. The third-order valence-electron chi connectivity index (χ3n) is 18.5. The molecule has 0 heterocycles. The molecule has 9 heteroatoms. The first kappa shape index (κ1) is 89.2. The van der Waals surface area contributed by atoms with Crippen LogP contribution in [0, 0.1) is 0 Å². The number of carbonyl (C=O) groups is 1. The Hall–Kier alpha value is -1.80. The molecule has 1 amide bonds. The summed E-state index contributed by atoms with van der Waals surface area (Å²) in [5.74, 6) is -0.188. The molecule has 0 saturated heterocycles. The lowest BCUT2D eigenvalue weighted by Gasteiger charge is -2.29. The Balaban J connectivity index is 3.91. The van der Waals surface area contributed by atoms with Crippen LogP contribution in [0.4, 0.5) is 0 Å². The van der Waals surface area contributed by atoms with E-state index in [4.69, 9.17) is 9.05 Å². The number of amides is 1. The third-order valence-corrected chi connectivity index (χ3v) is 19.4. The van der Waals surface area contributed by atoms with Gasteiger partial charge < -0.3 is 28.8 Å². The molecular formula is C82H157N2O6P. The quantitative estimate of drug-likeness (QED) is 0.0272. The summed E-state index contributed by atoms with van der Waals surface area (Å²) in [4.78, 5) is 25.7. The van der Waals surface area contributed by atoms with Gasteiger partial charge in [0.15, 0.2) is 0 Å². The molecule has 0 rings (SSSR count). The molecular weight excluding hydrogens is 1140 g/mol. The van der Waals surface area contributed by atoms with Crippen LogP contribution in [-0.4, -0.2) is 68.5 Å². The lowest BCUT2D eigenvalue weighted by atomic mass is 10.0. The Morgan fingerprint density at radius 2 is 0.670 bits per heavy atom. The molecule has 0 aliphatic heterocycles. The molecule has 0 aromatic rings. The van der Waals surface area contributed by atoms with E-state index in [0.29, 0.717) is 17.4 Å². The van der Waals surface area contributed by atoms with Crippen LogP contribution in [0.5, 0.6) is 0 Å². The van der Waals surface area contributed by atoms with E-state index in [0.717, 1.165) is 64.2 Å². The molecule has 0 aromatic carbocycles. The van der Waals surface area contributed by atoms with E-state index in [9.17, 15) is 19.4 Å². The number of phosphoric ester groups is 1. The number of unbranched alkanes of at least 4 members (excludes halogenated alkanes) is 54. The number of carbonyl (C=O) groups excluding carboxylic acids is 1. The second kappa shape index (κ2) is 72.5. The number of quaternary nitrogens is 1. The predicted molar refractivity (Wildman–Crippen MR) is 399 cm³/mol. The van der Waals surface area contributed by atoms with E-state index in [-0.39, 0.29) is 19.1 Å². The Morgan fingerprint density at radius 1 is 0.396 bits per heavy atom. The molecule has 2 N–H and O–H groups in total. The highest BCUT2D eigenvalue weighted by Crippen LogP contribution is 2.38. The molecule has 0 aliphatic rings. The van der Waals surface area contributed by atoms with Crippen molar-refractivity contribution in [3.63, 3.8) is 0 Å². The SMILES string of the molecule is CC/C=C\C/C=C\C/C=C\C/C=C\CCCCCCCCCCCCCCCCCCCCCCCCCCCCCCC(=O)NC(COP(=O)([O-])OCC[N+](C)(C)C)C(O)/C=C/CCCCCCCCCCCCCCCCCCCCCCCCCCCC. The molecule has 0 fully saturated rings. The Labute approximate surface area is 568 Å². The lowest BCUT2D eigenvalue weighted by Crippen LogP contribution is -2.45. The summed E-state index contributed by atoms with van der Waals surface area (Å²) in [5.41, 5.74) is 0. The minimum atomic E-state index is -4.61. The van der Waals surface area contributed by atoms with Gasteiger partial charge >= 0.3 is 0 Å². The molecule has 0 bridgehead atoms. The van der Waals surface area contributed by atoms with Crippen molar-refractivity contribution in [2.75, 3.05) is 40.9 Å². The van der Waals surface area contributed by atoms with Crippen LogP contribution in [0.1, 0.15) is 406 Å². The van der Waals surface area contributed by atoms with E-state index in [1.807, 2.05) is 27.2 Å². The summed E-state index contributed by atoms with van der Waals surface area (Å²) in [5, 5.41) is 14.0. The van der Waals surface area contributed by atoms with Gasteiger partial charge in [-0.3, -0.25) is 9.36 Å². The van der Waals surface area contributed by atoms with Crippen LogP contribution in [0.25, 0.3) is 0 Å². The van der Waals surface area contributed by atoms with Gasteiger partial charge in [-0.25, -0.2) is 0 Å². The smallest absolute Gasteiger partial charge is 0.268 e. The third kappa shape index (κ3) is 75.4. The van der Waals surface area contributed by atoms with Gasteiger partial charge in [0.05, 0.1) is 39.9 Å². The van der Waals surface area contributed by atoms with Gasteiger partial charge in [0.1, 0.15) is 13.2 Å². The average Bonchev–Trinajstić information content (AvgIpc) is 3.59. The van der Waals surface area contributed by atoms with Crippen LogP contribution in [0.3, 0.4) is 0 Å². The first-order valence-electron chi connectivity index (χ1n) is 40.2. The fourth-order valence-electron chi connectivity index (χ4n) is 12.3. The van der Waals surface area contributed by atoms with E-state index < -0.39 is 20.0 Å². The molecule has 0 radical (unpaired) electrons. The summed E-state index contributed by atoms with van der Waals surface area (Å²) < 4.78 is 23.5. The highest BCUT2D eigenvalue weighted by molar-refractivity contribution is 7.45. The molecule has 536 valence electrons. The van der Waals surface area contributed by atoms with Gasteiger partial charge in [0, 0.05) is 6.42 Å². The summed E-state index contributed by atoms with van der Waals surface area (Å²) in [6, 6.07) is -0.887. The average molecular weight is 1300 g/mol. The van der Waals surface area contributed by atoms with Gasteiger partial charge in [-0.15, -0.1) is 0 Å². The summed E-state index contributed by atoms with van der Waals surface area (Å²) in [7, 11) is 1.28. The topological polar surface area (TPSA) is 108 Å². The summed E-state index contributed by atoms with van der Waals surface area (Å²) >= 11 is 0. The zero-order chi connectivity index (χ0) is 66.2. The number of nitrogens with zero attached hydrogens (tertiary/aromatic N) is 1. The molecule has 0 aliphatic carbocycles. The van der Waals surface area contributed by atoms with Crippen molar-refractivity contribution in [2.45, 2.75) is 418 Å². The normalized spacial score (nSPS) is 13.8. The fourth-order valence-corrected chi connectivity index (χ4v) is 13.1. The zero-order valence-electron chi connectivity index (χ0n) is 61.6. The van der Waals surface area contributed by atoms with Crippen LogP contribution in [0.15, 0.2) is 60.8 Å². The largest absolute Gasteiger partial charge is 0.756 e. The summed E-state index contributed by atoms with van der Waals surface area (Å²) in [6.07, 6.45) is 101. The first-order chi connectivity index (χ1) is 44.5. The van der Waals surface area contributed by atoms with Crippen molar-refractivity contribution < 1.29 is 32.9 Å². The van der Waals surface area contributed by atoms with E-state index in [2.05, 4.69) is 67.8 Å². The van der Waals surface area contributed by atoms with Crippen molar-refractivity contribution in [1.82, 2.24) is 5.32 Å². The van der Waals surface area contributed by atoms with E-state index in [1.165, 1.54) is 321 Å². The fraction of sp³-hybridized carbons (Fsp3) is 0.866. The minimum Gasteiger partial charge on any atom is -0.756 e. The number of aliphatic hydroxyl groups excluding tert-OH is 1. The Kier molecular flexibility index (Phi) is 71.0. The molecule has 8 nitrogen and oxygen atoms in total. The Bertz CT molecular complexity index is 1670. The van der Waals surface area contributed by atoms with Crippen LogP contribution in [0.2, 0.25) is 0 Å². The number of rotatable bonds is 75. The summed E-state index contributed by atoms with van der Waals surface area (Å²) in [6.45, 7) is 4.60. The van der Waals surface area contributed by atoms with E-state index >= 15 is 0 Å². The zero-order valence-corrected chi connectivity index (χ0v) is 62.5.